The SMILES string of the molecule is CC1CN(c2n[nH]c(-c3ccc4c(c3)COC4)n2)CCN1. The maximum Gasteiger partial charge on any atom is 0.245 e. The van der Waals surface area contributed by atoms with E-state index in [-0.39, 0.29) is 0 Å². The first-order valence-corrected chi connectivity index (χ1v) is 7.40. The molecule has 0 bridgehead atoms. The smallest absolute Gasteiger partial charge is 0.245 e. The van der Waals surface area contributed by atoms with E-state index in [1.807, 2.05) is 0 Å². The number of fused-ring (bicyclic) bond motifs is 1. The summed E-state index contributed by atoms with van der Waals surface area (Å²) >= 11 is 0. The van der Waals surface area contributed by atoms with E-state index in [2.05, 4.69) is 50.5 Å². The molecule has 0 spiro atoms. The summed E-state index contributed by atoms with van der Waals surface area (Å²) in [6.07, 6.45) is 0. The number of aromatic amines is 1. The fraction of sp³-hybridized carbons (Fsp3) is 0.467. The van der Waals surface area contributed by atoms with Crippen molar-refractivity contribution < 1.29 is 4.74 Å². The quantitative estimate of drug-likeness (QED) is 0.870. The van der Waals surface area contributed by atoms with E-state index in [4.69, 9.17) is 4.74 Å². The Morgan fingerprint density at radius 2 is 2.19 bits per heavy atom. The number of ether oxygens (including phenoxy) is 1. The van der Waals surface area contributed by atoms with Crippen molar-refractivity contribution in [3.8, 4) is 11.4 Å². The van der Waals surface area contributed by atoms with Crippen LogP contribution in [0.25, 0.3) is 11.4 Å². The third kappa shape index (κ3) is 2.41. The van der Waals surface area contributed by atoms with Crippen LogP contribution in [-0.2, 0) is 18.0 Å². The summed E-state index contributed by atoms with van der Waals surface area (Å²) in [5.41, 5.74) is 3.59. The summed E-state index contributed by atoms with van der Waals surface area (Å²) in [6, 6.07) is 6.82. The number of nitrogens with one attached hydrogen (secondary N) is 2. The first kappa shape index (κ1) is 12.8. The van der Waals surface area contributed by atoms with Crippen LogP contribution in [0.3, 0.4) is 0 Å². The van der Waals surface area contributed by atoms with Gasteiger partial charge in [0.2, 0.25) is 5.95 Å². The van der Waals surface area contributed by atoms with Gasteiger partial charge in [0, 0.05) is 31.2 Å². The number of piperazine rings is 1. The summed E-state index contributed by atoms with van der Waals surface area (Å²) < 4.78 is 5.46. The maximum atomic E-state index is 5.46. The predicted octanol–water partition coefficient (Wildman–Crippen LogP) is 1.30. The fourth-order valence-electron chi connectivity index (χ4n) is 2.96. The van der Waals surface area contributed by atoms with Gasteiger partial charge in [0.15, 0.2) is 5.82 Å². The Morgan fingerprint density at radius 1 is 1.29 bits per heavy atom. The lowest BCUT2D eigenvalue weighted by Gasteiger charge is -2.30. The maximum absolute atomic E-state index is 5.46. The van der Waals surface area contributed by atoms with Crippen LogP contribution in [0, 0.1) is 0 Å². The second-order valence-electron chi connectivity index (χ2n) is 5.76. The van der Waals surface area contributed by atoms with Crippen LogP contribution in [0.15, 0.2) is 18.2 Å². The molecule has 2 aliphatic rings. The minimum atomic E-state index is 0.470. The fourth-order valence-corrected chi connectivity index (χ4v) is 2.96. The summed E-state index contributed by atoms with van der Waals surface area (Å²) in [5.74, 6) is 1.61. The van der Waals surface area contributed by atoms with Crippen LogP contribution < -0.4 is 10.2 Å². The molecular formula is C15H19N5O. The molecule has 0 radical (unpaired) electrons. The minimum absolute atomic E-state index is 0.470. The number of anilines is 1. The number of benzene rings is 1. The van der Waals surface area contributed by atoms with Gasteiger partial charge in [0.05, 0.1) is 13.2 Å². The van der Waals surface area contributed by atoms with Crippen LogP contribution in [0.5, 0.6) is 0 Å². The van der Waals surface area contributed by atoms with Crippen LogP contribution in [-0.4, -0.2) is 40.9 Å². The largest absolute Gasteiger partial charge is 0.372 e. The Labute approximate surface area is 123 Å². The lowest BCUT2D eigenvalue weighted by atomic mass is 10.1. The molecule has 1 aromatic carbocycles. The Morgan fingerprint density at radius 3 is 3.10 bits per heavy atom. The van der Waals surface area contributed by atoms with Gasteiger partial charge in [0.1, 0.15) is 0 Å². The zero-order valence-corrected chi connectivity index (χ0v) is 12.1. The van der Waals surface area contributed by atoms with Gasteiger partial charge in [-0.05, 0) is 24.1 Å². The van der Waals surface area contributed by atoms with E-state index in [9.17, 15) is 0 Å². The molecule has 21 heavy (non-hydrogen) atoms. The van der Waals surface area contributed by atoms with E-state index < -0.39 is 0 Å². The monoisotopic (exact) mass is 285 g/mol. The van der Waals surface area contributed by atoms with Crippen LogP contribution >= 0.6 is 0 Å². The molecule has 0 aliphatic carbocycles. The van der Waals surface area contributed by atoms with Crippen LogP contribution in [0.4, 0.5) is 5.95 Å². The molecule has 4 rings (SSSR count). The molecule has 0 amide bonds. The average Bonchev–Trinajstić information content (AvgIpc) is 3.15. The standard InChI is InChI=1S/C15H19N5O/c1-10-7-20(5-4-16-10)15-17-14(18-19-15)11-2-3-12-8-21-9-13(12)6-11/h2-3,6,10,16H,4-5,7-9H2,1H3,(H,17,18,19). The molecule has 2 aliphatic heterocycles. The zero-order chi connectivity index (χ0) is 14.2. The molecular weight excluding hydrogens is 266 g/mol. The highest BCUT2D eigenvalue weighted by Crippen LogP contribution is 2.26. The molecule has 1 saturated heterocycles. The first-order valence-electron chi connectivity index (χ1n) is 7.40. The van der Waals surface area contributed by atoms with Crippen molar-refractivity contribution in [3.63, 3.8) is 0 Å². The number of H-pyrrole nitrogens is 1. The van der Waals surface area contributed by atoms with Gasteiger partial charge >= 0.3 is 0 Å². The molecule has 1 unspecified atom stereocenters. The van der Waals surface area contributed by atoms with Gasteiger partial charge in [-0.1, -0.05) is 12.1 Å². The van der Waals surface area contributed by atoms with Crippen molar-refractivity contribution >= 4 is 5.95 Å². The molecule has 3 heterocycles. The number of aromatic nitrogens is 3. The number of rotatable bonds is 2. The van der Waals surface area contributed by atoms with Gasteiger partial charge in [-0.15, -0.1) is 5.10 Å². The Bertz CT molecular complexity index is 653. The average molecular weight is 285 g/mol. The molecule has 6 heteroatoms. The van der Waals surface area contributed by atoms with Crippen molar-refractivity contribution in [2.75, 3.05) is 24.5 Å². The second-order valence-corrected chi connectivity index (χ2v) is 5.76. The normalized spacial score (nSPS) is 21.6. The van der Waals surface area contributed by atoms with Crippen molar-refractivity contribution in [1.82, 2.24) is 20.5 Å². The number of hydrogen-bond acceptors (Lipinski definition) is 5. The molecule has 110 valence electrons. The summed E-state index contributed by atoms with van der Waals surface area (Å²) in [5, 5.41) is 10.9. The van der Waals surface area contributed by atoms with Crippen molar-refractivity contribution in [1.29, 1.82) is 0 Å². The van der Waals surface area contributed by atoms with Crippen LogP contribution in [0.2, 0.25) is 0 Å². The van der Waals surface area contributed by atoms with Crippen molar-refractivity contribution in [2.45, 2.75) is 26.2 Å². The Balaban J connectivity index is 1.59. The highest BCUT2D eigenvalue weighted by molar-refractivity contribution is 5.59. The van der Waals surface area contributed by atoms with Crippen LogP contribution in [0.1, 0.15) is 18.1 Å². The van der Waals surface area contributed by atoms with Gasteiger partial charge < -0.3 is 15.0 Å². The van der Waals surface area contributed by atoms with E-state index in [0.29, 0.717) is 12.6 Å². The molecule has 2 N–H and O–H groups in total. The molecule has 6 nitrogen and oxygen atoms in total. The highest BCUT2D eigenvalue weighted by atomic mass is 16.5. The molecule has 0 saturated carbocycles. The summed E-state index contributed by atoms with van der Waals surface area (Å²) in [6.45, 7) is 6.45. The number of hydrogen-bond donors (Lipinski definition) is 2. The third-order valence-corrected chi connectivity index (χ3v) is 4.12. The van der Waals surface area contributed by atoms with E-state index in [0.717, 1.165) is 43.6 Å². The number of nitrogens with zero attached hydrogens (tertiary/aromatic N) is 3. The van der Waals surface area contributed by atoms with Gasteiger partial charge in [-0.25, -0.2) is 0 Å². The summed E-state index contributed by atoms with van der Waals surface area (Å²) in [7, 11) is 0. The molecule has 1 atom stereocenters. The van der Waals surface area contributed by atoms with Gasteiger partial charge in [0.25, 0.3) is 0 Å². The first-order chi connectivity index (χ1) is 10.3. The lowest BCUT2D eigenvalue weighted by molar-refractivity contribution is 0.134. The van der Waals surface area contributed by atoms with E-state index in [1.54, 1.807) is 0 Å². The molecule has 1 aromatic heterocycles. The predicted molar refractivity (Wildman–Crippen MR) is 80.0 cm³/mol. The van der Waals surface area contributed by atoms with Crippen molar-refractivity contribution in [2.24, 2.45) is 0 Å². The topological polar surface area (TPSA) is 66.1 Å². The Kier molecular flexibility index (Phi) is 3.12. The van der Waals surface area contributed by atoms with E-state index in [1.165, 1.54) is 11.1 Å². The Hall–Kier alpha value is -1.92. The molecule has 1 fully saturated rings. The van der Waals surface area contributed by atoms with Crippen molar-refractivity contribution in [3.05, 3.63) is 29.3 Å². The van der Waals surface area contributed by atoms with Gasteiger partial charge in [-0.3, -0.25) is 5.10 Å². The minimum Gasteiger partial charge on any atom is -0.372 e. The zero-order valence-electron chi connectivity index (χ0n) is 12.1. The third-order valence-electron chi connectivity index (χ3n) is 4.12. The second kappa shape index (κ2) is 5.13. The highest BCUT2D eigenvalue weighted by Gasteiger charge is 2.20. The van der Waals surface area contributed by atoms with Gasteiger partial charge in [-0.2, -0.15) is 4.98 Å². The molecule has 2 aromatic rings. The van der Waals surface area contributed by atoms with E-state index >= 15 is 0 Å². The lowest BCUT2D eigenvalue weighted by Crippen LogP contribution is -2.49. The summed E-state index contributed by atoms with van der Waals surface area (Å²) in [4.78, 5) is 6.87.